The number of carbonyl (C=O) groups is 1. The Labute approximate surface area is 161 Å². The highest BCUT2D eigenvalue weighted by Crippen LogP contribution is 2.35. The first-order chi connectivity index (χ1) is 13.7. The van der Waals surface area contributed by atoms with Gasteiger partial charge in [0.05, 0.1) is 5.56 Å². The fourth-order valence-electron chi connectivity index (χ4n) is 3.81. The van der Waals surface area contributed by atoms with E-state index in [0.29, 0.717) is 17.2 Å². The van der Waals surface area contributed by atoms with Gasteiger partial charge >= 0.3 is 0 Å². The normalized spacial score (nSPS) is 15.9. The number of amides is 1. The van der Waals surface area contributed by atoms with Crippen molar-refractivity contribution in [1.29, 1.82) is 0 Å². The van der Waals surface area contributed by atoms with E-state index >= 15 is 0 Å². The van der Waals surface area contributed by atoms with E-state index < -0.39 is 0 Å². The number of benzene rings is 3. The van der Waals surface area contributed by atoms with Crippen molar-refractivity contribution in [1.82, 2.24) is 9.97 Å². The first-order valence-electron chi connectivity index (χ1n) is 9.17. The van der Waals surface area contributed by atoms with Crippen molar-refractivity contribution >= 4 is 22.5 Å². The predicted octanol–water partition coefficient (Wildman–Crippen LogP) is 4.06. The smallest absolute Gasteiger partial charge is 0.257 e. The second kappa shape index (κ2) is 6.46. The summed E-state index contributed by atoms with van der Waals surface area (Å²) in [5.74, 6) is 0.332. The van der Waals surface area contributed by atoms with Crippen LogP contribution in [0.3, 0.4) is 0 Å². The molecule has 5 heteroatoms. The molecule has 0 saturated carbocycles. The van der Waals surface area contributed by atoms with Gasteiger partial charge in [-0.2, -0.15) is 0 Å². The number of hydrogen-bond acceptors (Lipinski definition) is 3. The molecular weight excluding hydrogens is 350 g/mol. The van der Waals surface area contributed by atoms with Crippen molar-refractivity contribution in [2.45, 2.75) is 12.3 Å². The lowest BCUT2D eigenvalue weighted by molar-refractivity contribution is -0.116. The molecule has 0 radical (unpaired) electrons. The summed E-state index contributed by atoms with van der Waals surface area (Å²) in [7, 11) is 0. The van der Waals surface area contributed by atoms with Gasteiger partial charge in [0, 0.05) is 17.9 Å². The van der Waals surface area contributed by atoms with Crippen molar-refractivity contribution in [2.24, 2.45) is 0 Å². The predicted molar refractivity (Wildman–Crippen MR) is 109 cm³/mol. The van der Waals surface area contributed by atoms with E-state index in [0.717, 1.165) is 21.9 Å². The highest BCUT2D eigenvalue weighted by atomic mass is 16.2. The molecule has 2 heterocycles. The Bertz CT molecular complexity index is 1260. The summed E-state index contributed by atoms with van der Waals surface area (Å²) in [4.78, 5) is 32.8. The molecule has 2 N–H and O–H groups in total. The number of nitrogens with one attached hydrogen (secondary N) is 2. The zero-order chi connectivity index (χ0) is 19.1. The lowest BCUT2D eigenvalue weighted by atomic mass is 9.86. The third-order valence-electron chi connectivity index (χ3n) is 5.17. The third kappa shape index (κ3) is 2.77. The number of aromatic amines is 1. The zero-order valence-electron chi connectivity index (χ0n) is 15.0. The van der Waals surface area contributed by atoms with Gasteiger partial charge in [0.2, 0.25) is 5.91 Å². The Hall–Kier alpha value is -3.73. The van der Waals surface area contributed by atoms with Crippen LogP contribution in [0.5, 0.6) is 0 Å². The molecule has 28 heavy (non-hydrogen) atoms. The molecule has 0 bridgehead atoms. The number of hydrogen-bond donors (Lipinski definition) is 2. The van der Waals surface area contributed by atoms with Crippen LogP contribution >= 0.6 is 0 Å². The minimum Gasteiger partial charge on any atom is -0.310 e. The number of rotatable bonds is 2. The summed E-state index contributed by atoms with van der Waals surface area (Å²) in [5.41, 5.74) is 2.02. The Balaban J connectivity index is 1.66. The van der Waals surface area contributed by atoms with E-state index in [1.165, 1.54) is 0 Å². The van der Waals surface area contributed by atoms with Gasteiger partial charge in [0.15, 0.2) is 0 Å². The van der Waals surface area contributed by atoms with Crippen molar-refractivity contribution in [3.63, 3.8) is 0 Å². The van der Waals surface area contributed by atoms with E-state index in [9.17, 15) is 9.59 Å². The number of carbonyl (C=O) groups excluding carboxylic acids is 1. The zero-order valence-corrected chi connectivity index (χ0v) is 15.0. The van der Waals surface area contributed by atoms with Crippen molar-refractivity contribution in [3.8, 4) is 11.4 Å². The minimum absolute atomic E-state index is 0.136. The van der Waals surface area contributed by atoms with Crippen LogP contribution < -0.4 is 10.9 Å². The summed E-state index contributed by atoms with van der Waals surface area (Å²) >= 11 is 0. The molecule has 1 amide bonds. The molecule has 0 aliphatic carbocycles. The molecule has 1 atom stereocenters. The van der Waals surface area contributed by atoms with Crippen LogP contribution in [0.1, 0.15) is 23.5 Å². The SMILES string of the molecule is O=C1C[C@H](c2ccc3ccccc3c2)c2c(nc(-c3ccccc3)[nH]c2=O)N1. The van der Waals surface area contributed by atoms with Gasteiger partial charge in [-0.15, -0.1) is 0 Å². The van der Waals surface area contributed by atoms with E-state index in [4.69, 9.17) is 0 Å². The molecule has 5 rings (SSSR count). The maximum absolute atomic E-state index is 13.0. The van der Waals surface area contributed by atoms with Crippen LogP contribution in [0, 0.1) is 0 Å². The van der Waals surface area contributed by atoms with Crippen LogP contribution in [-0.4, -0.2) is 15.9 Å². The maximum Gasteiger partial charge on any atom is 0.257 e. The van der Waals surface area contributed by atoms with Crippen LogP contribution in [0.15, 0.2) is 77.6 Å². The third-order valence-corrected chi connectivity index (χ3v) is 5.17. The Morgan fingerprint density at radius 2 is 1.61 bits per heavy atom. The Kier molecular flexibility index (Phi) is 3.79. The van der Waals surface area contributed by atoms with E-state index in [2.05, 4.69) is 15.3 Å². The maximum atomic E-state index is 13.0. The molecule has 0 saturated heterocycles. The summed E-state index contributed by atoms with van der Waals surface area (Å²) < 4.78 is 0. The largest absolute Gasteiger partial charge is 0.310 e. The number of anilines is 1. The fourth-order valence-corrected chi connectivity index (χ4v) is 3.81. The van der Waals surface area contributed by atoms with Crippen LogP contribution in [-0.2, 0) is 4.79 Å². The van der Waals surface area contributed by atoms with Gasteiger partial charge in [-0.05, 0) is 16.3 Å². The average molecular weight is 367 g/mol. The molecule has 5 nitrogen and oxygen atoms in total. The highest BCUT2D eigenvalue weighted by Gasteiger charge is 2.31. The topological polar surface area (TPSA) is 74.8 Å². The molecule has 136 valence electrons. The van der Waals surface area contributed by atoms with Crippen molar-refractivity contribution < 1.29 is 4.79 Å². The molecule has 1 aromatic heterocycles. The van der Waals surface area contributed by atoms with E-state index in [-0.39, 0.29) is 23.8 Å². The quantitative estimate of drug-likeness (QED) is 0.561. The average Bonchev–Trinajstić information content (AvgIpc) is 2.73. The summed E-state index contributed by atoms with van der Waals surface area (Å²) in [5, 5.41) is 4.98. The first kappa shape index (κ1) is 16.4. The van der Waals surface area contributed by atoms with Gasteiger partial charge in [-0.1, -0.05) is 72.8 Å². The number of fused-ring (bicyclic) bond motifs is 2. The molecule has 0 spiro atoms. The second-order valence-electron chi connectivity index (χ2n) is 6.95. The van der Waals surface area contributed by atoms with Crippen LogP contribution in [0.2, 0.25) is 0 Å². The molecule has 1 aliphatic heterocycles. The standard InChI is InChI=1S/C23H17N3O2/c27-19-13-18(17-11-10-14-6-4-5-9-16(14)12-17)20-22(24-19)25-21(26-23(20)28)15-7-2-1-3-8-15/h1-12,18H,13H2,(H2,24,25,26,27,28)/t18-/m1/s1. The lowest BCUT2D eigenvalue weighted by Crippen LogP contribution is -2.31. The summed E-state index contributed by atoms with van der Waals surface area (Å²) in [6.07, 6.45) is 0.223. The molecule has 0 unspecified atom stereocenters. The molecule has 4 aromatic rings. The molecule has 1 aliphatic rings. The number of H-pyrrole nitrogens is 1. The van der Waals surface area contributed by atoms with Gasteiger partial charge < -0.3 is 10.3 Å². The lowest BCUT2D eigenvalue weighted by Gasteiger charge is -2.25. The van der Waals surface area contributed by atoms with Gasteiger partial charge in [0.1, 0.15) is 11.6 Å². The second-order valence-corrected chi connectivity index (χ2v) is 6.95. The first-order valence-corrected chi connectivity index (χ1v) is 9.17. The molecular formula is C23H17N3O2. The van der Waals surface area contributed by atoms with Crippen LogP contribution in [0.4, 0.5) is 5.82 Å². The van der Waals surface area contributed by atoms with E-state index in [1.807, 2.05) is 72.8 Å². The Morgan fingerprint density at radius 1 is 0.857 bits per heavy atom. The summed E-state index contributed by atoms with van der Waals surface area (Å²) in [6.45, 7) is 0. The van der Waals surface area contributed by atoms with E-state index in [1.54, 1.807) is 0 Å². The fraction of sp³-hybridized carbons (Fsp3) is 0.0870. The van der Waals surface area contributed by atoms with Gasteiger partial charge in [-0.25, -0.2) is 4.98 Å². The highest BCUT2D eigenvalue weighted by molar-refractivity contribution is 5.94. The summed E-state index contributed by atoms with van der Waals surface area (Å²) in [6, 6.07) is 23.5. The number of aromatic nitrogens is 2. The Morgan fingerprint density at radius 3 is 2.43 bits per heavy atom. The van der Waals surface area contributed by atoms with Crippen molar-refractivity contribution in [3.05, 3.63) is 94.3 Å². The molecule has 3 aromatic carbocycles. The number of nitrogens with zero attached hydrogens (tertiary/aromatic N) is 1. The van der Waals surface area contributed by atoms with Gasteiger partial charge in [0.25, 0.3) is 5.56 Å². The minimum atomic E-state index is -0.325. The molecule has 0 fully saturated rings. The van der Waals surface area contributed by atoms with Crippen LogP contribution in [0.25, 0.3) is 22.2 Å². The van der Waals surface area contributed by atoms with Crippen molar-refractivity contribution in [2.75, 3.05) is 5.32 Å². The van der Waals surface area contributed by atoms with Gasteiger partial charge in [-0.3, -0.25) is 9.59 Å². The monoisotopic (exact) mass is 367 g/mol.